The first-order chi connectivity index (χ1) is 8.65. The lowest BCUT2D eigenvalue weighted by molar-refractivity contribution is 0.191. The minimum absolute atomic E-state index is 0.480. The first-order valence-corrected chi connectivity index (χ1v) is 6.20. The molecule has 0 spiro atoms. The van der Waals surface area contributed by atoms with Crippen LogP contribution in [-0.2, 0) is 0 Å². The number of aliphatic hydroxyl groups excluding tert-OH is 1. The van der Waals surface area contributed by atoms with Gasteiger partial charge in [-0.1, -0.05) is 47.5 Å². The fourth-order valence-electron chi connectivity index (χ4n) is 1.79. The van der Waals surface area contributed by atoms with E-state index in [0.29, 0.717) is 6.54 Å². The van der Waals surface area contributed by atoms with Crippen molar-refractivity contribution in [3.63, 3.8) is 0 Å². The van der Waals surface area contributed by atoms with Crippen molar-refractivity contribution in [2.75, 3.05) is 11.9 Å². The zero-order valence-electron chi connectivity index (χ0n) is 10.9. The zero-order chi connectivity index (χ0) is 13.0. The summed E-state index contributed by atoms with van der Waals surface area (Å²) in [4.78, 5) is 0. The van der Waals surface area contributed by atoms with E-state index < -0.39 is 6.10 Å². The molecule has 0 bridgehead atoms. The molecule has 2 aromatic carbocycles. The number of rotatable bonds is 4. The predicted molar refractivity (Wildman–Crippen MR) is 75.8 cm³/mol. The van der Waals surface area contributed by atoms with Gasteiger partial charge in [-0.15, -0.1) is 0 Å². The minimum Gasteiger partial charge on any atom is -0.387 e. The van der Waals surface area contributed by atoms with Crippen LogP contribution in [0.4, 0.5) is 5.69 Å². The lowest BCUT2D eigenvalue weighted by atomic mass is 10.1. The Morgan fingerprint density at radius 1 is 0.889 bits per heavy atom. The molecule has 18 heavy (non-hydrogen) atoms. The molecule has 0 aliphatic carbocycles. The van der Waals surface area contributed by atoms with Crippen LogP contribution in [0.25, 0.3) is 0 Å². The number of aliphatic hydroxyl groups is 1. The van der Waals surface area contributed by atoms with Crippen LogP contribution in [0, 0.1) is 13.8 Å². The summed E-state index contributed by atoms with van der Waals surface area (Å²) in [5, 5.41) is 13.3. The molecule has 2 nitrogen and oxygen atoms in total. The molecule has 1 atom stereocenters. The number of anilines is 1. The van der Waals surface area contributed by atoms with Crippen LogP contribution in [0.2, 0.25) is 0 Å². The lowest BCUT2D eigenvalue weighted by Gasteiger charge is -2.13. The summed E-state index contributed by atoms with van der Waals surface area (Å²) in [5.74, 6) is 0. The molecule has 0 saturated carbocycles. The number of benzene rings is 2. The molecule has 2 N–H and O–H groups in total. The van der Waals surface area contributed by atoms with Crippen molar-refractivity contribution < 1.29 is 5.11 Å². The average Bonchev–Trinajstić information content (AvgIpc) is 2.38. The van der Waals surface area contributed by atoms with Gasteiger partial charge in [-0.3, -0.25) is 0 Å². The fraction of sp³-hybridized carbons (Fsp3) is 0.250. The molecule has 94 valence electrons. The molecular weight excluding hydrogens is 222 g/mol. The van der Waals surface area contributed by atoms with Gasteiger partial charge in [0.2, 0.25) is 0 Å². The van der Waals surface area contributed by atoms with Gasteiger partial charge < -0.3 is 10.4 Å². The van der Waals surface area contributed by atoms with E-state index in [-0.39, 0.29) is 0 Å². The minimum atomic E-state index is -0.480. The monoisotopic (exact) mass is 241 g/mol. The van der Waals surface area contributed by atoms with Crippen LogP contribution >= 0.6 is 0 Å². The first-order valence-electron chi connectivity index (χ1n) is 6.20. The Balaban J connectivity index is 1.93. The highest BCUT2D eigenvalue weighted by molar-refractivity contribution is 5.44. The van der Waals surface area contributed by atoms with E-state index in [9.17, 15) is 5.11 Å². The molecule has 2 aromatic rings. The van der Waals surface area contributed by atoms with Crippen LogP contribution in [0.3, 0.4) is 0 Å². The molecule has 0 fully saturated rings. The third kappa shape index (κ3) is 3.34. The molecule has 0 saturated heterocycles. The quantitative estimate of drug-likeness (QED) is 0.859. The number of hydrogen-bond acceptors (Lipinski definition) is 2. The Morgan fingerprint density at radius 2 is 1.39 bits per heavy atom. The molecule has 1 unspecified atom stereocenters. The van der Waals surface area contributed by atoms with Crippen LogP contribution in [0.5, 0.6) is 0 Å². The van der Waals surface area contributed by atoms with Crippen molar-refractivity contribution in [2.45, 2.75) is 20.0 Å². The fourth-order valence-corrected chi connectivity index (χ4v) is 1.79. The molecular formula is C16H19NO. The highest BCUT2D eigenvalue weighted by atomic mass is 16.3. The van der Waals surface area contributed by atoms with Crippen molar-refractivity contribution in [3.05, 3.63) is 65.2 Å². The number of nitrogens with one attached hydrogen (secondary N) is 1. The molecule has 0 aliphatic heterocycles. The second-order valence-electron chi connectivity index (χ2n) is 4.67. The van der Waals surface area contributed by atoms with Gasteiger partial charge in [0, 0.05) is 12.2 Å². The summed E-state index contributed by atoms with van der Waals surface area (Å²) in [5.41, 5.74) is 4.42. The SMILES string of the molecule is Cc1ccc(NCC(O)c2ccc(C)cc2)cc1. The van der Waals surface area contributed by atoms with Crippen molar-refractivity contribution >= 4 is 5.69 Å². The average molecular weight is 241 g/mol. The summed E-state index contributed by atoms with van der Waals surface area (Å²) in [7, 11) is 0. The van der Waals surface area contributed by atoms with Crippen LogP contribution < -0.4 is 5.32 Å². The Labute approximate surface area is 108 Å². The Bertz CT molecular complexity index is 488. The molecule has 0 radical (unpaired) electrons. The van der Waals surface area contributed by atoms with E-state index >= 15 is 0 Å². The van der Waals surface area contributed by atoms with E-state index in [1.54, 1.807) is 0 Å². The van der Waals surface area contributed by atoms with Crippen molar-refractivity contribution in [1.29, 1.82) is 0 Å². The third-order valence-electron chi connectivity index (χ3n) is 3.01. The maximum atomic E-state index is 10.1. The molecule has 0 heterocycles. The Kier molecular flexibility index (Phi) is 4.00. The second kappa shape index (κ2) is 5.69. The van der Waals surface area contributed by atoms with Gasteiger partial charge in [0.25, 0.3) is 0 Å². The maximum Gasteiger partial charge on any atom is 0.0962 e. The summed E-state index contributed by atoms with van der Waals surface area (Å²) in [6.45, 7) is 4.62. The molecule has 2 heteroatoms. The van der Waals surface area contributed by atoms with Crippen LogP contribution in [-0.4, -0.2) is 11.7 Å². The highest BCUT2D eigenvalue weighted by Crippen LogP contribution is 2.15. The largest absolute Gasteiger partial charge is 0.387 e. The molecule has 0 aromatic heterocycles. The standard InChI is InChI=1S/C16H19NO/c1-12-3-7-14(8-4-12)16(18)11-17-15-9-5-13(2)6-10-15/h3-10,16-18H,11H2,1-2H3. The maximum absolute atomic E-state index is 10.1. The van der Waals surface area contributed by atoms with Gasteiger partial charge in [-0.05, 0) is 31.5 Å². The van der Waals surface area contributed by atoms with E-state index in [4.69, 9.17) is 0 Å². The smallest absolute Gasteiger partial charge is 0.0962 e. The second-order valence-corrected chi connectivity index (χ2v) is 4.67. The van der Waals surface area contributed by atoms with Gasteiger partial charge >= 0.3 is 0 Å². The number of hydrogen-bond donors (Lipinski definition) is 2. The molecule has 0 amide bonds. The number of aryl methyl sites for hydroxylation is 2. The van der Waals surface area contributed by atoms with Crippen molar-refractivity contribution in [3.8, 4) is 0 Å². The Morgan fingerprint density at radius 3 is 1.94 bits per heavy atom. The van der Waals surface area contributed by atoms with Crippen LogP contribution in [0.1, 0.15) is 22.8 Å². The predicted octanol–water partition coefficient (Wildman–Crippen LogP) is 3.45. The van der Waals surface area contributed by atoms with E-state index in [2.05, 4.69) is 24.4 Å². The summed E-state index contributed by atoms with van der Waals surface area (Å²) >= 11 is 0. The molecule has 2 rings (SSSR count). The van der Waals surface area contributed by atoms with E-state index in [0.717, 1.165) is 11.3 Å². The van der Waals surface area contributed by atoms with Crippen molar-refractivity contribution in [1.82, 2.24) is 0 Å². The highest BCUT2D eigenvalue weighted by Gasteiger charge is 2.06. The van der Waals surface area contributed by atoms with Crippen molar-refractivity contribution in [2.24, 2.45) is 0 Å². The van der Waals surface area contributed by atoms with Gasteiger partial charge in [-0.25, -0.2) is 0 Å². The first kappa shape index (κ1) is 12.7. The molecule has 0 aliphatic rings. The third-order valence-corrected chi connectivity index (χ3v) is 3.01. The van der Waals surface area contributed by atoms with E-state index in [1.807, 2.05) is 43.3 Å². The topological polar surface area (TPSA) is 32.3 Å². The normalized spacial score (nSPS) is 12.2. The Hall–Kier alpha value is -1.80. The zero-order valence-corrected chi connectivity index (χ0v) is 10.9. The lowest BCUT2D eigenvalue weighted by Crippen LogP contribution is -2.12. The van der Waals surface area contributed by atoms with Crippen LogP contribution in [0.15, 0.2) is 48.5 Å². The summed E-state index contributed by atoms with van der Waals surface area (Å²) < 4.78 is 0. The van der Waals surface area contributed by atoms with Gasteiger partial charge in [0.15, 0.2) is 0 Å². The van der Waals surface area contributed by atoms with Gasteiger partial charge in [-0.2, -0.15) is 0 Å². The summed E-state index contributed by atoms with van der Waals surface area (Å²) in [6.07, 6.45) is -0.480. The van der Waals surface area contributed by atoms with Gasteiger partial charge in [0.1, 0.15) is 0 Å². The van der Waals surface area contributed by atoms with Gasteiger partial charge in [0.05, 0.1) is 6.10 Å². The van der Waals surface area contributed by atoms with E-state index in [1.165, 1.54) is 11.1 Å². The summed E-state index contributed by atoms with van der Waals surface area (Å²) in [6, 6.07) is 16.1.